The summed E-state index contributed by atoms with van der Waals surface area (Å²) in [5.74, 6) is 0.261. The number of nitrogens with zero attached hydrogens (tertiary/aromatic N) is 4. The summed E-state index contributed by atoms with van der Waals surface area (Å²) in [6.45, 7) is 10.4. The summed E-state index contributed by atoms with van der Waals surface area (Å²) < 4.78 is 13.7. The summed E-state index contributed by atoms with van der Waals surface area (Å²) in [4.78, 5) is 16.8. The molecule has 2 fully saturated rings. The van der Waals surface area contributed by atoms with Gasteiger partial charge in [-0.1, -0.05) is 0 Å². The summed E-state index contributed by atoms with van der Waals surface area (Å²) >= 11 is 0. The molecule has 1 aromatic heterocycles. The molecule has 7 nitrogen and oxygen atoms in total. The number of carbonyl (C=O) groups excluding carboxylic acids is 1. The number of aryl methyl sites for hydroxylation is 1. The number of carbonyl (C=O) groups is 1. The van der Waals surface area contributed by atoms with E-state index in [1.54, 1.807) is 6.20 Å². The molecule has 2 atom stereocenters. The first-order valence-electron chi connectivity index (χ1n) is 10.3. The maximum Gasteiger partial charge on any atom is 0.222 e. The average Bonchev–Trinajstić information content (AvgIpc) is 3.15. The van der Waals surface area contributed by atoms with Crippen molar-refractivity contribution in [2.24, 2.45) is 0 Å². The van der Waals surface area contributed by atoms with Crippen LogP contribution in [-0.4, -0.2) is 83.1 Å². The van der Waals surface area contributed by atoms with Crippen LogP contribution in [0.5, 0.6) is 0 Å². The van der Waals surface area contributed by atoms with Gasteiger partial charge in [-0.2, -0.15) is 5.10 Å². The van der Waals surface area contributed by atoms with Gasteiger partial charge in [-0.25, -0.2) is 0 Å². The minimum Gasteiger partial charge on any atom is -0.377 e. The van der Waals surface area contributed by atoms with Gasteiger partial charge in [0.1, 0.15) is 0 Å². The highest BCUT2D eigenvalue weighted by atomic mass is 16.5. The smallest absolute Gasteiger partial charge is 0.222 e. The van der Waals surface area contributed by atoms with Gasteiger partial charge >= 0.3 is 0 Å². The van der Waals surface area contributed by atoms with E-state index in [1.807, 2.05) is 21.8 Å². The van der Waals surface area contributed by atoms with Crippen molar-refractivity contribution in [2.45, 2.75) is 64.4 Å². The molecule has 0 saturated carbocycles. The van der Waals surface area contributed by atoms with Gasteiger partial charge in [0, 0.05) is 58.1 Å². The Kier molecular flexibility index (Phi) is 7.67. The molecule has 152 valence electrons. The van der Waals surface area contributed by atoms with Crippen molar-refractivity contribution < 1.29 is 14.3 Å². The third-order valence-corrected chi connectivity index (χ3v) is 5.39. The minimum atomic E-state index is 0.261. The number of hydrogen-bond donors (Lipinski definition) is 0. The second kappa shape index (κ2) is 10.2. The van der Waals surface area contributed by atoms with Crippen molar-refractivity contribution in [3.8, 4) is 0 Å². The number of rotatable bonds is 8. The zero-order chi connectivity index (χ0) is 19.1. The fraction of sp³-hybridized carbons (Fsp3) is 0.800. The highest BCUT2D eigenvalue weighted by molar-refractivity contribution is 5.76. The van der Waals surface area contributed by atoms with Crippen molar-refractivity contribution in [3.05, 3.63) is 18.5 Å². The highest BCUT2D eigenvalue weighted by Gasteiger charge is 2.24. The molecule has 3 heterocycles. The van der Waals surface area contributed by atoms with E-state index in [1.165, 1.54) is 0 Å². The molecular formula is C20H34N4O3. The first-order valence-corrected chi connectivity index (χ1v) is 10.3. The number of ether oxygens (including phenoxy) is 2. The maximum atomic E-state index is 12.4. The van der Waals surface area contributed by atoms with Crippen LogP contribution in [0.25, 0.3) is 0 Å². The Morgan fingerprint density at radius 1 is 1.19 bits per heavy atom. The van der Waals surface area contributed by atoms with Gasteiger partial charge in [-0.15, -0.1) is 0 Å². The highest BCUT2D eigenvalue weighted by Crippen LogP contribution is 2.16. The Bertz CT molecular complexity index is 548. The second-order valence-electron chi connectivity index (χ2n) is 7.84. The average molecular weight is 379 g/mol. The summed E-state index contributed by atoms with van der Waals surface area (Å²) in [7, 11) is 0. The topological polar surface area (TPSA) is 59.8 Å². The van der Waals surface area contributed by atoms with Crippen LogP contribution < -0.4 is 0 Å². The van der Waals surface area contributed by atoms with Crippen LogP contribution in [0.3, 0.4) is 0 Å². The SMILES string of the molecule is CC1CN(CCOC2CCN(C(=O)CCCn3cccn3)CC2)CC(C)O1. The lowest BCUT2D eigenvalue weighted by Gasteiger charge is -2.36. The predicted molar refractivity (Wildman–Crippen MR) is 103 cm³/mol. The molecular weight excluding hydrogens is 344 g/mol. The molecule has 0 radical (unpaired) electrons. The number of hydrogen-bond acceptors (Lipinski definition) is 5. The Morgan fingerprint density at radius 3 is 2.59 bits per heavy atom. The van der Waals surface area contributed by atoms with Crippen LogP contribution in [0.1, 0.15) is 39.5 Å². The summed E-state index contributed by atoms with van der Waals surface area (Å²) in [6, 6.07) is 1.91. The van der Waals surface area contributed by atoms with Gasteiger partial charge in [-0.05, 0) is 39.2 Å². The van der Waals surface area contributed by atoms with Crippen LogP contribution >= 0.6 is 0 Å². The predicted octanol–water partition coefficient (Wildman–Crippen LogP) is 1.78. The van der Waals surface area contributed by atoms with Crippen molar-refractivity contribution in [3.63, 3.8) is 0 Å². The van der Waals surface area contributed by atoms with Gasteiger partial charge in [-0.3, -0.25) is 14.4 Å². The van der Waals surface area contributed by atoms with Crippen LogP contribution in [0.15, 0.2) is 18.5 Å². The van der Waals surface area contributed by atoms with Crippen LogP contribution in [0.2, 0.25) is 0 Å². The lowest BCUT2D eigenvalue weighted by molar-refractivity contribution is -0.134. The Labute approximate surface area is 162 Å². The normalized spacial score (nSPS) is 25.0. The van der Waals surface area contributed by atoms with E-state index in [4.69, 9.17) is 9.47 Å². The third-order valence-electron chi connectivity index (χ3n) is 5.39. The molecule has 2 saturated heterocycles. The molecule has 7 heteroatoms. The van der Waals surface area contributed by atoms with Crippen molar-refractivity contribution in [1.29, 1.82) is 0 Å². The quantitative estimate of drug-likeness (QED) is 0.690. The fourth-order valence-corrected chi connectivity index (χ4v) is 4.07. The van der Waals surface area contributed by atoms with Gasteiger partial charge < -0.3 is 14.4 Å². The van der Waals surface area contributed by atoms with Crippen LogP contribution in [0.4, 0.5) is 0 Å². The van der Waals surface area contributed by atoms with Crippen LogP contribution in [-0.2, 0) is 20.8 Å². The lowest BCUT2D eigenvalue weighted by atomic mass is 10.1. The molecule has 1 amide bonds. The number of morpholine rings is 1. The first kappa shape index (κ1) is 20.3. The molecule has 2 unspecified atom stereocenters. The Balaban J connectivity index is 1.26. The number of likely N-dealkylation sites (tertiary alicyclic amines) is 1. The lowest BCUT2D eigenvalue weighted by Crippen LogP contribution is -2.47. The van der Waals surface area contributed by atoms with E-state index in [-0.39, 0.29) is 12.0 Å². The van der Waals surface area contributed by atoms with E-state index in [2.05, 4.69) is 23.8 Å². The zero-order valence-corrected chi connectivity index (χ0v) is 16.8. The fourth-order valence-electron chi connectivity index (χ4n) is 4.07. The summed E-state index contributed by atoms with van der Waals surface area (Å²) in [6.07, 6.45) is 7.92. The number of aromatic nitrogens is 2. The van der Waals surface area contributed by atoms with Crippen LogP contribution in [0, 0.1) is 0 Å². The molecule has 0 bridgehead atoms. The standard InChI is InChI=1S/C20H34N4O3/c1-17-15-22(16-18(2)27-17)13-14-26-19-6-11-23(12-7-19)20(25)5-3-9-24-10-4-8-21-24/h4,8,10,17-19H,3,5-7,9,11-16H2,1-2H3. The first-order chi connectivity index (χ1) is 13.1. The Hall–Kier alpha value is -1.44. The van der Waals surface area contributed by atoms with E-state index in [0.29, 0.717) is 18.6 Å². The minimum absolute atomic E-state index is 0.261. The molecule has 1 aromatic rings. The van der Waals surface area contributed by atoms with E-state index in [9.17, 15) is 4.79 Å². The largest absolute Gasteiger partial charge is 0.377 e. The zero-order valence-electron chi connectivity index (χ0n) is 16.8. The third kappa shape index (κ3) is 6.59. The van der Waals surface area contributed by atoms with E-state index >= 15 is 0 Å². The van der Waals surface area contributed by atoms with Gasteiger partial charge in [0.25, 0.3) is 0 Å². The van der Waals surface area contributed by atoms with Crippen molar-refractivity contribution in [2.75, 3.05) is 39.3 Å². The maximum absolute atomic E-state index is 12.4. The second-order valence-corrected chi connectivity index (χ2v) is 7.84. The van der Waals surface area contributed by atoms with Gasteiger partial charge in [0.15, 0.2) is 0 Å². The van der Waals surface area contributed by atoms with Crippen molar-refractivity contribution >= 4 is 5.91 Å². The molecule has 2 aliphatic heterocycles. The summed E-state index contributed by atoms with van der Waals surface area (Å²) in [5.41, 5.74) is 0. The molecule has 0 N–H and O–H groups in total. The van der Waals surface area contributed by atoms with E-state index < -0.39 is 0 Å². The Morgan fingerprint density at radius 2 is 1.93 bits per heavy atom. The molecule has 0 aromatic carbocycles. The van der Waals surface area contributed by atoms with Crippen molar-refractivity contribution in [1.82, 2.24) is 19.6 Å². The summed E-state index contributed by atoms with van der Waals surface area (Å²) in [5, 5.41) is 4.17. The molecule has 3 rings (SSSR count). The number of amides is 1. The van der Waals surface area contributed by atoms with E-state index in [0.717, 1.165) is 65.1 Å². The van der Waals surface area contributed by atoms with Gasteiger partial charge in [0.2, 0.25) is 5.91 Å². The molecule has 0 aliphatic carbocycles. The van der Waals surface area contributed by atoms with Gasteiger partial charge in [0.05, 0.1) is 24.9 Å². The number of piperidine rings is 1. The molecule has 2 aliphatic rings. The molecule has 0 spiro atoms. The molecule has 27 heavy (non-hydrogen) atoms. The monoisotopic (exact) mass is 378 g/mol.